The summed E-state index contributed by atoms with van der Waals surface area (Å²) < 4.78 is 2.44. The van der Waals surface area contributed by atoms with E-state index in [2.05, 4.69) is 42.9 Å². The summed E-state index contributed by atoms with van der Waals surface area (Å²) >= 11 is 10.1. The predicted octanol–water partition coefficient (Wildman–Crippen LogP) is 5.48. The van der Waals surface area contributed by atoms with Crippen molar-refractivity contribution in [3.8, 4) is 22.4 Å². The van der Waals surface area contributed by atoms with Crippen LogP contribution < -0.4 is 5.32 Å². The first kappa shape index (κ1) is 19.4. The van der Waals surface area contributed by atoms with E-state index in [1.807, 2.05) is 38.4 Å². The molecule has 3 aromatic heterocycles. The SMILES string of the molecule is C=CC(=O)Nc1cc(-c2c(-c3cnn(C)c3)[nH]c3ncc(Br)c(Cl)c23)ccc1C. The Kier molecular flexibility index (Phi) is 5.02. The van der Waals surface area contributed by atoms with Crippen LogP contribution in [0.2, 0.25) is 5.02 Å². The van der Waals surface area contributed by atoms with Crippen LogP contribution in [0.3, 0.4) is 0 Å². The maximum Gasteiger partial charge on any atom is 0.247 e. The molecule has 29 heavy (non-hydrogen) atoms. The van der Waals surface area contributed by atoms with Gasteiger partial charge in [-0.1, -0.05) is 30.3 Å². The van der Waals surface area contributed by atoms with Crippen LogP contribution in [0.15, 0.2) is 53.9 Å². The minimum atomic E-state index is -0.265. The number of carbonyl (C=O) groups is 1. The van der Waals surface area contributed by atoms with Gasteiger partial charge in [0.15, 0.2) is 0 Å². The van der Waals surface area contributed by atoms with Gasteiger partial charge < -0.3 is 10.3 Å². The molecule has 4 rings (SSSR count). The van der Waals surface area contributed by atoms with Crippen LogP contribution in [0.5, 0.6) is 0 Å². The number of nitrogens with zero attached hydrogens (tertiary/aromatic N) is 3. The monoisotopic (exact) mass is 469 g/mol. The summed E-state index contributed by atoms with van der Waals surface area (Å²) in [5, 5.41) is 8.50. The van der Waals surface area contributed by atoms with Crippen molar-refractivity contribution >= 4 is 50.2 Å². The van der Waals surface area contributed by atoms with Crippen molar-refractivity contribution in [2.75, 3.05) is 5.32 Å². The fourth-order valence-corrected chi connectivity index (χ4v) is 3.78. The Bertz CT molecular complexity index is 1270. The molecule has 0 aliphatic heterocycles. The highest BCUT2D eigenvalue weighted by atomic mass is 79.9. The number of carbonyl (C=O) groups excluding carboxylic acids is 1. The van der Waals surface area contributed by atoms with E-state index in [0.717, 1.165) is 33.3 Å². The molecule has 0 spiro atoms. The van der Waals surface area contributed by atoms with E-state index in [1.54, 1.807) is 17.1 Å². The quantitative estimate of drug-likeness (QED) is 0.388. The van der Waals surface area contributed by atoms with Gasteiger partial charge in [-0.2, -0.15) is 5.10 Å². The molecule has 0 saturated carbocycles. The zero-order chi connectivity index (χ0) is 20.7. The molecule has 1 aromatic carbocycles. The van der Waals surface area contributed by atoms with Crippen molar-refractivity contribution in [1.82, 2.24) is 19.7 Å². The summed E-state index contributed by atoms with van der Waals surface area (Å²) in [5.74, 6) is -0.265. The summed E-state index contributed by atoms with van der Waals surface area (Å²) in [6.07, 6.45) is 6.62. The third-order valence-electron chi connectivity index (χ3n) is 4.68. The Balaban J connectivity index is 2.02. The first-order valence-electron chi connectivity index (χ1n) is 8.78. The number of rotatable bonds is 4. The number of H-pyrrole nitrogens is 1. The van der Waals surface area contributed by atoms with E-state index in [0.29, 0.717) is 20.8 Å². The normalized spacial score (nSPS) is 11.0. The average Bonchev–Trinajstić information content (AvgIpc) is 3.30. The van der Waals surface area contributed by atoms with Crippen molar-refractivity contribution in [3.63, 3.8) is 0 Å². The minimum absolute atomic E-state index is 0.265. The number of hydrogen-bond donors (Lipinski definition) is 2. The van der Waals surface area contributed by atoms with Crippen molar-refractivity contribution in [2.24, 2.45) is 7.05 Å². The lowest BCUT2D eigenvalue weighted by Crippen LogP contribution is -2.08. The number of aromatic nitrogens is 4. The number of anilines is 1. The van der Waals surface area contributed by atoms with E-state index in [1.165, 1.54) is 6.08 Å². The molecule has 4 aromatic rings. The van der Waals surface area contributed by atoms with Gasteiger partial charge in [0.1, 0.15) is 5.65 Å². The van der Waals surface area contributed by atoms with E-state index in [4.69, 9.17) is 11.6 Å². The van der Waals surface area contributed by atoms with Crippen molar-refractivity contribution in [2.45, 2.75) is 6.92 Å². The van der Waals surface area contributed by atoms with Crippen molar-refractivity contribution in [1.29, 1.82) is 0 Å². The second kappa shape index (κ2) is 7.50. The third kappa shape index (κ3) is 3.47. The molecule has 3 heterocycles. The number of halogens is 2. The topological polar surface area (TPSA) is 75.6 Å². The van der Waals surface area contributed by atoms with E-state index in [9.17, 15) is 4.79 Å². The highest BCUT2D eigenvalue weighted by Crippen LogP contribution is 2.43. The molecule has 6 nitrogen and oxygen atoms in total. The van der Waals surface area contributed by atoms with E-state index in [-0.39, 0.29) is 5.91 Å². The highest BCUT2D eigenvalue weighted by Gasteiger charge is 2.21. The second-order valence-corrected chi connectivity index (χ2v) is 7.88. The Labute approximate surface area is 180 Å². The van der Waals surface area contributed by atoms with Crippen LogP contribution in [0.1, 0.15) is 5.56 Å². The zero-order valence-electron chi connectivity index (χ0n) is 15.8. The molecule has 0 aliphatic rings. The van der Waals surface area contributed by atoms with Crippen LogP contribution in [0, 0.1) is 6.92 Å². The number of aromatic amines is 1. The predicted molar refractivity (Wildman–Crippen MR) is 120 cm³/mol. The maximum atomic E-state index is 11.8. The maximum absolute atomic E-state index is 11.8. The van der Waals surface area contributed by atoms with Crippen LogP contribution >= 0.6 is 27.5 Å². The van der Waals surface area contributed by atoms with Crippen molar-refractivity contribution < 1.29 is 4.79 Å². The van der Waals surface area contributed by atoms with Crippen LogP contribution in [-0.2, 0) is 11.8 Å². The molecule has 1 amide bonds. The summed E-state index contributed by atoms with van der Waals surface area (Å²) in [4.78, 5) is 19.7. The lowest BCUT2D eigenvalue weighted by Gasteiger charge is -2.11. The molecule has 146 valence electrons. The molecule has 0 radical (unpaired) electrons. The second-order valence-electron chi connectivity index (χ2n) is 6.64. The fraction of sp³-hybridized carbons (Fsp3) is 0.0952. The smallest absolute Gasteiger partial charge is 0.247 e. The first-order chi connectivity index (χ1) is 13.9. The van der Waals surface area contributed by atoms with Gasteiger partial charge in [0.2, 0.25) is 5.91 Å². The Hall–Kier alpha value is -2.90. The van der Waals surface area contributed by atoms with Gasteiger partial charge in [-0.15, -0.1) is 0 Å². The molecular formula is C21H17BrClN5O. The summed E-state index contributed by atoms with van der Waals surface area (Å²) in [6, 6.07) is 5.88. The van der Waals surface area contributed by atoms with Gasteiger partial charge in [0, 0.05) is 41.6 Å². The number of aryl methyl sites for hydroxylation is 2. The number of amides is 1. The van der Waals surface area contributed by atoms with Crippen molar-refractivity contribution in [3.05, 3.63) is 64.5 Å². The molecule has 2 N–H and O–H groups in total. The van der Waals surface area contributed by atoms with Crippen LogP contribution in [-0.4, -0.2) is 25.7 Å². The number of pyridine rings is 1. The summed E-state index contributed by atoms with van der Waals surface area (Å²) in [5.41, 5.74) is 5.86. The Morgan fingerprint density at radius 3 is 2.83 bits per heavy atom. The zero-order valence-corrected chi connectivity index (χ0v) is 18.1. The molecule has 0 saturated heterocycles. The standard InChI is InChI=1S/C21H17BrClN5O/c1-4-16(29)26-15-7-12(6-5-11(15)2)17-18-19(23)14(22)9-24-21(18)27-20(17)13-8-25-28(3)10-13/h4-10H,1H2,2-3H3,(H,24,27)(H,26,29). The molecule has 0 bridgehead atoms. The molecule has 0 atom stereocenters. The molecular weight excluding hydrogens is 454 g/mol. The largest absolute Gasteiger partial charge is 0.339 e. The van der Waals surface area contributed by atoms with Crippen LogP contribution in [0.25, 0.3) is 33.4 Å². The highest BCUT2D eigenvalue weighted by molar-refractivity contribution is 9.10. The fourth-order valence-electron chi connectivity index (χ4n) is 3.25. The molecule has 8 heteroatoms. The van der Waals surface area contributed by atoms with Gasteiger partial charge in [-0.25, -0.2) is 4.98 Å². The lowest BCUT2D eigenvalue weighted by molar-refractivity contribution is -0.111. The Morgan fingerprint density at radius 2 is 2.14 bits per heavy atom. The van der Waals surface area contributed by atoms with Crippen LogP contribution in [0.4, 0.5) is 5.69 Å². The Morgan fingerprint density at radius 1 is 1.34 bits per heavy atom. The first-order valence-corrected chi connectivity index (χ1v) is 9.95. The molecule has 0 aliphatic carbocycles. The number of fused-ring (bicyclic) bond motifs is 1. The van der Waals surface area contributed by atoms with Gasteiger partial charge in [0.25, 0.3) is 0 Å². The van der Waals surface area contributed by atoms with E-state index >= 15 is 0 Å². The minimum Gasteiger partial charge on any atom is -0.339 e. The van der Waals surface area contributed by atoms with Gasteiger partial charge >= 0.3 is 0 Å². The summed E-state index contributed by atoms with van der Waals surface area (Å²) in [7, 11) is 1.86. The van der Waals surface area contributed by atoms with Gasteiger partial charge in [-0.3, -0.25) is 9.48 Å². The number of hydrogen-bond acceptors (Lipinski definition) is 3. The molecule has 0 unspecified atom stereocenters. The third-order valence-corrected chi connectivity index (χ3v) is 5.90. The lowest BCUT2D eigenvalue weighted by atomic mass is 9.98. The average molecular weight is 471 g/mol. The summed E-state index contributed by atoms with van der Waals surface area (Å²) in [6.45, 7) is 5.46. The number of benzene rings is 1. The molecule has 0 fully saturated rings. The number of nitrogens with one attached hydrogen (secondary N) is 2. The van der Waals surface area contributed by atoms with E-state index < -0.39 is 0 Å². The van der Waals surface area contributed by atoms with Gasteiger partial charge in [0.05, 0.1) is 21.4 Å². The van der Waals surface area contributed by atoms with Gasteiger partial charge in [-0.05, 0) is 46.1 Å².